The zero-order valence-electron chi connectivity index (χ0n) is 5.44. The van der Waals surface area contributed by atoms with Gasteiger partial charge in [-0.3, -0.25) is 0 Å². The van der Waals surface area contributed by atoms with E-state index in [1.807, 2.05) is 0 Å². The molecule has 0 bridgehead atoms. The van der Waals surface area contributed by atoms with E-state index in [0.717, 1.165) is 0 Å². The van der Waals surface area contributed by atoms with E-state index >= 15 is 0 Å². The molecule has 0 fully saturated rings. The monoisotopic (exact) mass is 125 g/mol. The van der Waals surface area contributed by atoms with Crippen LogP contribution in [0.1, 0.15) is 6.92 Å². The first kappa shape index (κ1) is 7.95. The summed E-state index contributed by atoms with van der Waals surface area (Å²) in [5.41, 5.74) is 0.347. The molecular weight excluding hydrogens is 116 g/mol. The van der Waals surface area contributed by atoms with Crippen molar-refractivity contribution in [1.29, 1.82) is 0 Å². The second-order valence-corrected chi connectivity index (χ2v) is 1.71. The Morgan fingerprint density at radius 2 is 1.89 bits per heavy atom. The number of allylic oxidation sites excluding steroid dienone is 1. The van der Waals surface area contributed by atoms with Gasteiger partial charge in [0.25, 0.3) is 0 Å². The van der Waals surface area contributed by atoms with E-state index in [9.17, 15) is 4.79 Å². The molecule has 0 saturated heterocycles. The topological polar surface area (TPSA) is 26.3 Å². The third-order valence-electron chi connectivity index (χ3n) is 0.585. The minimum atomic E-state index is -0.477. The van der Waals surface area contributed by atoms with Crippen molar-refractivity contribution in [2.45, 2.75) is 6.92 Å². The molecule has 0 N–H and O–H groups in total. The molecule has 0 aromatic carbocycles. The van der Waals surface area contributed by atoms with Crippen LogP contribution in [0.3, 0.4) is 0 Å². The molecule has 0 amide bonds. The van der Waals surface area contributed by atoms with Gasteiger partial charge in [-0.05, 0) is 6.92 Å². The third kappa shape index (κ3) is 3.53. The lowest BCUT2D eigenvalue weighted by Crippen LogP contribution is -2.01. The van der Waals surface area contributed by atoms with Gasteiger partial charge in [0.1, 0.15) is 5.76 Å². The average Bonchev–Trinajstić information content (AvgIpc) is 1.63. The van der Waals surface area contributed by atoms with Gasteiger partial charge in [-0.25, -0.2) is 4.79 Å². The Hall–Kier alpha value is -1.05. The van der Waals surface area contributed by atoms with Crippen LogP contribution in [-0.4, -0.2) is 5.97 Å². The zero-order valence-corrected chi connectivity index (χ0v) is 5.44. The van der Waals surface area contributed by atoms with Gasteiger partial charge in [0.15, 0.2) is 0 Å². The maximum Gasteiger partial charge on any atom is 0.338 e. The predicted molar refractivity (Wildman–Crippen MR) is 35.4 cm³/mol. The summed E-state index contributed by atoms with van der Waals surface area (Å²) in [7, 11) is 0. The smallest absolute Gasteiger partial charge is 0.338 e. The highest BCUT2D eigenvalue weighted by atomic mass is 16.5. The standard InChI is InChI=1S/C7H9O2/c1-5(2)7(8)9-6(3)4/h1,3-4H2,2H3. The summed E-state index contributed by atoms with van der Waals surface area (Å²) < 4.78 is 4.47. The summed E-state index contributed by atoms with van der Waals surface area (Å²) in [6.45, 7) is 11.5. The number of hydrogen-bond acceptors (Lipinski definition) is 2. The second kappa shape index (κ2) is 3.07. The van der Waals surface area contributed by atoms with Gasteiger partial charge in [-0.2, -0.15) is 0 Å². The van der Waals surface area contributed by atoms with Crippen LogP contribution < -0.4 is 0 Å². The zero-order chi connectivity index (χ0) is 7.44. The Morgan fingerprint density at radius 3 is 2.00 bits per heavy atom. The molecule has 0 aliphatic heterocycles. The number of esters is 1. The van der Waals surface area contributed by atoms with Crippen LogP contribution in [-0.2, 0) is 9.53 Å². The van der Waals surface area contributed by atoms with Crippen molar-refractivity contribution in [3.8, 4) is 0 Å². The van der Waals surface area contributed by atoms with Crippen molar-refractivity contribution in [3.05, 3.63) is 31.4 Å². The Morgan fingerprint density at radius 1 is 1.44 bits per heavy atom. The predicted octanol–water partition coefficient (Wildman–Crippen LogP) is 1.45. The molecule has 1 radical (unpaired) electrons. The van der Waals surface area contributed by atoms with Gasteiger partial charge >= 0.3 is 5.97 Å². The minimum Gasteiger partial charge on any atom is -0.428 e. The highest BCUT2D eigenvalue weighted by Gasteiger charge is 2.01. The molecular formula is C7H9O2. The summed E-state index contributed by atoms with van der Waals surface area (Å²) in [6.07, 6.45) is 0. The molecule has 0 aromatic heterocycles. The Bertz CT molecular complexity index is 156. The van der Waals surface area contributed by atoms with E-state index in [2.05, 4.69) is 24.8 Å². The first-order chi connectivity index (χ1) is 4.04. The van der Waals surface area contributed by atoms with Crippen LogP contribution in [0.2, 0.25) is 0 Å². The molecule has 9 heavy (non-hydrogen) atoms. The SMILES string of the molecule is [CH2]C(=C)OC(=O)C(=C)C. The Kier molecular flexibility index (Phi) is 2.71. The van der Waals surface area contributed by atoms with Crippen molar-refractivity contribution in [3.63, 3.8) is 0 Å². The number of carbonyl (C=O) groups is 1. The first-order valence-corrected chi connectivity index (χ1v) is 2.42. The molecule has 0 aromatic rings. The van der Waals surface area contributed by atoms with E-state index < -0.39 is 5.97 Å². The maximum absolute atomic E-state index is 10.5. The van der Waals surface area contributed by atoms with Crippen LogP contribution in [0.4, 0.5) is 0 Å². The quantitative estimate of drug-likeness (QED) is 0.317. The fourth-order valence-corrected chi connectivity index (χ4v) is 0.218. The van der Waals surface area contributed by atoms with E-state index in [-0.39, 0.29) is 5.76 Å². The highest BCUT2D eigenvalue weighted by molar-refractivity contribution is 5.87. The largest absolute Gasteiger partial charge is 0.428 e. The van der Waals surface area contributed by atoms with Gasteiger partial charge in [-0.15, -0.1) is 0 Å². The molecule has 2 heteroatoms. The minimum absolute atomic E-state index is 0.142. The van der Waals surface area contributed by atoms with E-state index in [1.54, 1.807) is 6.92 Å². The molecule has 0 unspecified atom stereocenters. The average molecular weight is 125 g/mol. The van der Waals surface area contributed by atoms with E-state index in [0.29, 0.717) is 5.57 Å². The normalized spacial score (nSPS) is 8.22. The summed E-state index contributed by atoms with van der Waals surface area (Å²) in [5, 5.41) is 0. The molecule has 0 saturated carbocycles. The number of ether oxygens (including phenoxy) is 1. The summed E-state index contributed by atoms with van der Waals surface area (Å²) in [4.78, 5) is 10.5. The summed E-state index contributed by atoms with van der Waals surface area (Å²) >= 11 is 0. The van der Waals surface area contributed by atoms with E-state index in [4.69, 9.17) is 0 Å². The van der Waals surface area contributed by atoms with Crippen LogP contribution in [0.15, 0.2) is 24.5 Å². The summed E-state index contributed by atoms with van der Waals surface area (Å²) in [5.74, 6) is -0.335. The highest BCUT2D eigenvalue weighted by Crippen LogP contribution is 1.96. The van der Waals surface area contributed by atoms with Crippen LogP contribution >= 0.6 is 0 Å². The molecule has 0 aliphatic rings. The lowest BCUT2D eigenvalue weighted by molar-refractivity contribution is -0.134. The lowest BCUT2D eigenvalue weighted by Gasteiger charge is -1.99. The van der Waals surface area contributed by atoms with Gasteiger partial charge < -0.3 is 4.74 Å². The fourth-order valence-electron chi connectivity index (χ4n) is 0.218. The number of carbonyl (C=O) groups excluding carboxylic acids is 1. The summed E-state index contributed by atoms with van der Waals surface area (Å²) in [6, 6.07) is 0. The molecule has 0 spiro atoms. The Balaban J connectivity index is 3.79. The van der Waals surface area contributed by atoms with Crippen LogP contribution in [0, 0.1) is 6.92 Å². The van der Waals surface area contributed by atoms with Gasteiger partial charge in [0, 0.05) is 12.5 Å². The molecule has 49 valence electrons. The first-order valence-electron chi connectivity index (χ1n) is 2.42. The van der Waals surface area contributed by atoms with Gasteiger partial charge in [0.05, 0.1) is 0 Å². The number of rotatable bonds is 2. The Labute approximate surface area is 54.8 Å². The van der Waals surface area contributed by atoms with Crippen LogP contribution in [0.25, 0.3) is 0 Å². The molecule has 0 atom stereocenters. The lowest BCUT2D eigenvalue weighted by atomic mass is 10.4. The van der Waals surface area contributed by atoms with Crippen molar-refractivity contribution in [2.24, 2.45) is 0 Å². The van der Waals surface area contributed by atoms with Gasteiger partial charge in [0.2, 0.25) is 0 Å². The van der Waals surface area contributed by atoms with Crippen LogP contribution in [0.5, 0.6) is 0 Å². The molecule has 0 rings (SSSR count). The van der Waals surface area contributed by atoms with Crippen molar-refractivity contribution in [1.82, 2.24) is 0 Å². The molecule has 2 nitrogen and oxygen atoms in total. The molecule has 0 aliphatic carbocycles. The van der Waals surface area contributed by atoms with Crippen molar-refractivity contribution >= 4 is 5.97 Å². The van der Waals surface area contributed by atoms with E-state index in [1.165, 1.54) is 0 Å². The molecule has 0 heterocycles. The third-order valence-corrected chi connectivity index (χ3v) is 0.585. The second-order valence-electron chi connectivity index (χ2n) is 1.71. The fraction of sp³-hybridized carbons (Fsp3) is 0.143. The van der Waals surface area contributed by atoms with Crippen molar-refractivity contribution < 1.29 is 9.53 Å². The van der Waals surface area contributed by atoms with Crippen molar-refractivity contribution in [2.75, 3.05) is 0 Å². The van der Waals surface area contributed by atoms with Gasteiger partial charge in [-0.1, -0.05) is 13.2 Å². The number of hydrogen-bond donors (Lipinski definition) is 0. The maximum atomic E-state index is 10.5.